The topological polar surface area (TPSA) is 130 Å². The van der Waals surface area contributed by atoms with Crippen LogP contribution in [0.5, 0.6) is 0 Å². The molecule has 2 aromatic heterocycles. The van der Waals surface area contributed by atoms with Crippen LogP contribution in [0.3, 0.4) is 0 Å². The number of aryl methyl sites for hydroxylation is 1. The summed E-state index contributed by atoms with van der Waals surface area (Å²) in [5, 5.41) is 16.3. The number of nitrogens with one attached hydrogen (secondary N) is 2. The van der Waals surface area contributed by atoms with Gasteiger partial charge in [-0.1, -0.05) is 11.3 Å². The number of H-pyrrole nitrogens is 1. The van der Waals surface area contributed by atoms with Crippen LogP contribution in [-0.4, -0.2) is 23.6 Å². The lowest BCUT2D eigenvalue weighted by atomic mass is 10.3. The molecule has 0 aliphatic rings. The summed E-state index contributed by atoms with van der Waals surface area (Å²) in [7, 11) is -3.74. The fourth-order valence-corrected chi connectivity index (χ4v) is 3.61. The largest absolute Gasteiger partial charge is 0.327 e. The molecule has 128 valence electrons. The third-order valence-electron chi connectivity index (χ3n) is 2.94. The van der Waals surface area contributed by atoms with Gasteiger partial charge in [-0.25, -0.2) is 8.42 Å². The molecule has 2 N–H and O–H groups in total. The first-order chi connectivity index (χ1) is 11.9. The number of hydrogen-bond acceptors (Lipinski definition) is 8. The number of rotatable bonds is 5. The fraction of sp³-hybridized carbons (Fsp3) is 0.0714. The third-order valence-corrected chi connectivity index (χ3v) is 5.18. The van der Waals surface area contributed by atoms with Crippen molar-refractivity contribution in [3.8, 4) is 0 Å². The van der Waals surface area contributed by atoms with Crippen molar-refractivity contribution in [3.05, 3.63) is 58.0 Å². The molecular weight excluding hydrogens is 364 g/mol. The molecule has 1 aromatic carbocycles. The summed E-state index contributed by atoms with van der Waals surface area (Å²) in [5.74, 6) is 0. The number of sulfonamides is 1. The molecule has 25 heavy (non-hydrogen) atoms. The average Bonchev–Trinajstić information content (AvgIpc) is 2.99. The van der Waals surface area contributed by atoms with Crippen LogP contribution in [0.4, 0.5) is 16.5 Å². The van der Waals surface area contributed by atoms with Crippen molar-refractivity contribution in [2.45, 2.75) is 11.8 Å². The van der Waals surface area contributed by atoms with Crippen molar-refractivity contribution >= 4 is 37.9 Å². The molecule has 3 aromatic rings. The minimum absolute atomic E-state index is 0.0725. The number of nitrogens with zero attached hydrogens (tertiary/aromatic N) is 4. The number of benzene rings is 1. The van der Waals surface area contributed by atoms with E-state index in [9.17, 15) is 13.2 Å². The van der Waals surface area contributed by atoms with Gasteiger partial charge >= 0.3 is 0 Å². The van der Waals surface area contributed by atoms with Crippen LogP contribution < -0.4 is 10.3 Å². The molecule has 3 rings (SSSR count). The minimum Gasteiger partial charge on any atom is -0.327 e. The number of hydrogen-bond donors (Lipinski definition) is 2. The Morgan fingerprint density at radius 1 is 1.04 bits per heavy atom. The molecule has 0 aliphatic carbocycles. The molecule has 0 saturated carbocycles. The Morgan fingerprint density at radius 2 is 1.72 bits per heavy atom. The van der Waals surface area contributed by atoms with Crippen LogP contribution in [0.15, 0.2) is 62.5 Å². The number of aromatic nitrogens is 3. The molecule has 0 saturated heterocycles. The van der Waals surface area contributed by atoms with E-state index in [2.05, 4.69) is 30.1 Å². The summed E-state index contributed by atoms with van der Waals surface area (Å²) in [4.78, 5) is 13.5. The van der Waals surface area contributed by atoms with E-state index in [0.717, 1.165) is 11.3 Å². The Labute approximate surface area is 146 Å². The first-order valence-corrected chi connectivity index (χ1v) is 9.26. The van der Waals surface area contributed by atoms with Crippen molar-refractivity contribution in [2.24, 2.45) is 10.2 Å². The molecule has 0 unspecified atom stereocenters. The first-order valence-electron chi connectivity index (χ1n) is 6.96. The zero-order valence-corrected chi connectivity index (χ0v) is 14.5. The van der Waals surface area contributed by atoms with E-state index in [4.69, 9.17) is 0 Å². The monoisotopic (exact) mass is 376 g/mol. The van der Waals surface area contributed by atoms with Crippen molar-refractivity contribution in [3.63, 3.8) is 0 Å². The molecule has 0 fully saturated rings. The van der Waals surface area contributed by atoms with Gasteiger partial charge in [0.05, 0.1) is 10.6 Å². The second-order valence-electron chi connectivity index (χ2n) is 4.84. The molecule has 0 atom stereocenters. The predicted octanol–water partition coefficient (Wildman–Crippen LogP) is 2.75. The molecular formula is C14H12N6O3S2. The minimum atomic E-state index is -3.74. The zero-order valence-electron chi connectivity index (χ0n) is 12.9. The molecule has 0 amide bonds. The number of azo groups is 1. The molecule has 0 aliphatic heterocycles. The van der Waals surface area contributed by atoms with Crippen molar-refractivity contribution in [1.29, 1.82) is 0 Å². The van der Waals surface area contributed by atoms with Crippen LogP contribution in [0, 0.1) is 6.92 Å². The summed E-state index contributed by atoms with van der Waals surface area (Å²) in [6.07, 6.45) is 1.43. The lowest BCUT2D eigenvalue weighted by Gasteiger charge is -2.04. The quantitative estimate of drug-likeness (QED) is 0.661. The summed E-state index contributed by atoms with van der Waals surface area (Å²) in [5.41, 5.74) is 0.716. The standard InChI is InChI=1S/C14H12N6O3S2/c1-9-16-19-14(24-9)20-25(22,23)12-5-2-10(3-6-12)17-18-11-4-7-13(21)15-8-11/h2-8H,1H3,(H,15,21)(H,19,20). The maximum atomic E-state index is 12.3. The van der Waals surface area contributed by atoms with Crippen LogP contribution in [0.2, 0.25) is 0 Å². The Bertz CT molecular complexity index is 1050. The van der Waals surface area contributed by atoms with E-state index in [-0.39, 0.29) is 15.6 Å². The molecule has 0 bridgehead atoms. The highest BCUT2D eigenvalue weighted by Gasteiger charge is 2.16. The van der Waals surface area contributed by atoms with E-state index >= 15 is 0 Å². The Hall–Kier alpha value is -2.92. The van der Waals surface area contributed by atoms with Crippen molar-refractivity contribution in [1.82, 2.24) is 15.2 Å². The molecule has 2 heterocycles. The van der Waals surface area contributed by atoms with Gasteiger partial charge in [-0.3, -0.25) is 9.52 Å². The highest BCUT2D eigenvalue weighted by atomic mass is 32.2. The second kappa shape index (κ2) is 6.91. The van der Waals surface area contributed by atoms with Crippen molar-refractivity contribution in [2.75, 3.05) is 4.72 Å². The highest BCUT2D eigenvalue weighted by molar-refractivity contribution is 7.93. The average molecular weight is 376 g/mol. The predicted molar refractivity (Wildman–Crippen MR) is 93.1 cm³/mol. The third kappa shape index (κ3) is 4.33. The van der Waals surface area contributed by atoms with Gasteiger partial charge in [-0.05, 0) is 37.3 Å². The first kappa shape index (κ1) is 16.9. The van der Waals surface area contributed by atoms with E-state index < -0.39 is 10.0 Å². The van der Waals surface area contributed by atoms with Crippen LogP contribution >= 0.6 is 11.3 Å². The van der Waals surface area contributed by atoms with E-state index in [1.54, 1.807) is 6.92 Å². The van der Waals surface area contributed by atoms with Gasteiger partial charge in [0.25, 0.3) is 10.0 Å². The van der Waals surface area contributed by atoms with Crippen LogP contribution in [0.1, 0.15) is 5.01 Å². The van der Waals surface area contributed by atoms with Crippen LogP contribution in [-0.2, 0) is 10.0 Å². The summed E-state index contributed by atoms with van der Waals surface area (Å²) < 4.78 is 26.9. The lowest BCUT2D eigenvalue weighted by molar-refractivity contribution is 0.601. The molecule has 9 nitrogen and oxygen atoms in total. The normalized spacial score (nSPS) is 11.7. The zero-order chi connectivity index (χ0) is 17.9. The molecule has 0 spiro atoms. The summed E-state index contributed by atoms with van der Waals surface area (Å²) >= 11 is 1.15. The Kier molecular flexibility index (Phi) is 4.67. The molecule has 0 radical (unpaired) electrons. The van der Waals surface area contributed by atoms with Gasteiger partial charge in [-0.2, -0.15) is 5.11 Å². The number of aromatic amines is 1. The lowest BCUT2D eigenvalue weighted by Crippen LogP contribution is -2.12. The van der Waals surface area contributed by atoms with Crippen molar-refractivity contribution < 1.29 is 8.42 Å². The summed E-state index contributed by atoms with van der Waals surface area (Å²) in [6.45, 7) is 1.73. The molecule has 11 heteroatoms. The number of anilines is 1. The fourth-order valence-electron chi connectivity index (χ4n) is 1.78. The smallest absolute Gasteiger partial charge is 0.263 e. The highest BCUT2D eigenvalue weighted by Crippen LogP contribution is 2.22. The SMILES string of the molecule is Cc1nnc(NS(=O)(=O)c2ccc(N=Nc3ccc(=O)[nH]c3)cc2)s1. The van der Waals surface area contributed by atoms with Gasteiger partial charge < -0.3 is 4.98 Å². The number of pyridine rings is 1. The Morgan fingerprint density at radius 3 is 2.32 bits per heavy atom. The Balaban J connectivity index is 1.75. The van der Waals surface area contributed by atoms with Gasteiger partial charge in [0, 0.05) is 12.3 Å². The van der Waals surface area contributed by atoms with Crippen LogP contribution in [0.25, 0.3) is 0 Å². The van der Waals surface area contributed by atoms with Gasteiger partial charge in [0.15, 0.2) is 0 Å². The summed E-state index contributed by atoms with van der Waals surface area (Å²) in [6, 6.07) is 8.74. The second-order valence-corrected chi connectivity index (χ2v) is 7.70. The van der Waals surface area contributed by atoms with Gasteiger partial charge in [0.2, 0.25) is 10.7 Å². The maximum Gasteiger partial charge on any atom is 0.263 e. The van der Waals surface area contributed by atoms with E-state index in [1.807, 2.05) is 0 Å². The van der Waals surface area contributed by atoms with Gasteiger partial charge in [-0.15, -0.1) is 15.3 Å². The van der Waals surface area contributed by atoms with Gasteiger partial charge in [0.1, 0.15) is 10.7 Å². The van der Waals surface area contributed by atoms with E-state index in [0.29, 0.717) is 16.4 Å². The van der Waals surface area contributed by atoms with E-state index in [1.165, 1.54) is 42.6 Å². The maximum absolute atomic E-state index is 12.3.